The molecule has 26 heavy (non-hydrogen) atoms. The summed E-state index contributed by atoms with van der Waals surface area (Å²) in [5, 5.41) is 2.61. The summed E-state index contributed by atoms with van der Waals surface area (Å²) in [6.45, 7) is 2.23. The normalized spacial score (nSPS) is 12.4. The third-order valence-electron chi connectivity index (χ3n) is 5.80. The monoisotopic (exact) mass is 338 g/mol. The first-order chi connectivity index (χ1) is 12.7. The summed E-state index contributed by atoms with van der Waals surface area (Å²) in [5.41, 5.74) is 8.53. The number of imidazole rings is 2. The van der Waals surface area contributed by atoms with Crippen LogP contribution in [0.1, 0.15) is 5.56 Å². The molecule has 6 aromatic rings. The molecule has 0 aliphatic heterocycles. The van der Waals surface area contributed by atoms with Crippen molar-refractivity contribution in [3.63, 3.8) is 0 Å². The van der Waals surface area contributed by atoms with Gasteiger partial charge >= 0.3 is 0 Å². The van der Waals surface area contributed by atoms with E-state index < -0.39 is 0 Å². The van der Waals surface area contributed by atoms with Crippen LogP contribution in [0.25, 0.3) is 49.7 Å². The Bertz CT molecular complexity index is 1510. The van der Waals surface area contributed by atoms with Gasteiger partial charge in [0.15, 0.2) is 0 Å². The molecule has 0 spiro atoms. The number of benzene rings is 3. The lowest BCUT2D eigenvalue weighted by Gasteiger charge is -2.06. The van der Waals surface area contributed by atoms with Crippen LogP contribution < -0.4 is 0 Å². The number of rotatable bonds is 0. The average molecular weight is 338 g/mol. The minimum Gasteiger partial charge on any atom is -0.343 e. The summed E-state index contributed by atoms with van der Waals surface area (Å²) >= 11 is 0. The van der Waals surface area contributed by atoms with Crippen molar-refractivity contribution < 1.29 is 0 Å². The van der Waals surface area contributed by atoms with Gasteiger partial charge in [-0.1, -0.05) is 30.3 Å². The van der Waals surface area contributed by atoms with Crippen LogP contribution in [-0.4, -0.2) is 18.5 Å². The van der Waals surface area contributed by atoms with E-state index in [9.17, 15) is 0 Å². The molecule has 4 heteroatoms. The van der Waals surface area contributed by atoms with Crippen LogP contribution in [0.15, 0.2) is 54.6 Å². The Morgan fingerprint density at radius 3 is 2.31 bits per heavy atom. The lowest BCUT2D eigenvalue weighted by atomic mass is 10.1. The molecule has 0 fully saturated rings. The number of hydrogen-bond acceptors (Lipinski definition) is 1. The molecule has 0 saturated carbocycles. The Kier molecular flexibility index (Phi) is 2.40. The van der Waals surface area contributed by atoms with Gasteiger partial charge in [0.2, 0.25) is 5.78 Å². The Labute approximate surface area is 149 Å². The second kappa shape index (κ2) is 4.47. The van der Waals surface area contributed by atoms with Crippen LogP contribution in [0.3, 0.4) is 0 Å². The highest BCUT2D eigenvalue weighted by Crippen LogP contribution is 2.36. The molecule has 0 amide bonds. The van der Waals surface area contributed by atoms with E-state index in [1.54, 1.807) is 0 Å². The molecule has 3 heterocycles. The SMILES string of the molecule is Cc1c2c(cc3c1n(C)c1nc4ccccc4n31)c1ccccc1n2C. The van der Waals surface area contributed by atoms with Gasteiger partial charge in [-0.15, -0.1) is 0 Å². The number of para-hydroxylation sites is 3. The van der Waals surface area contributed by atoms with E-state index in [1.807, 2.05) is 6.07 Å². The van der Waals surface area contributed by atoms with Gasteiger partial charge in [0.25, 0.3) is 0 Å². The molecule has 0 bridgehead atoms. The van der Waals surface area contributed by atoms with Crippen LogP contribution >= 0.6 is 0 Å². The predicted molar refractivity (Wildman–Crippen MR) is 108 cm³/mol. The first kappa shape index (κ1) is 14.0. The van der Waals surface area contributed by atoms with Gasteiger partial charge in [-0.3, -0.25) is 4.40 Å². The van der Waals surface area contributed by atoms with Crippen molar-refractivity contribution in [1.29, 1.82) is 0 Å². The highest BCUT2D eigenvalue weighted by Gasteiger charge is 2.19. The minimum absolute atomic E-state index is 0.990. The van der Waals surface area contributed by atoms with Crippen LogP contribution in [0.4, 0.5) is 0 Å². The highest BCUT2D eigenvalue weighted by atomic mass is 15.2. The van der Waals surface area contributed by atoms with Crippen LogP contribution in [0, 0.1) is 6.92 Å². The quantitative estimate of drug-likeness (QED) is 0.386. The van der Waals surface area contributed by atoms with Crippen molar-refractivity contribution in [2.75, 3.05) is 0 Å². The van der Waals surface area contributed by atoms with Gasteiger partial charge in [-0.25, -0.2) is 4.98 Å². The molecule has 6 rings (SSSR count). The van der Waals surface area contributed by atoms with Crippen molar-refractivity contribution in [3.8, 4) is 0 Å². The third-order valence-corrected chi connectivity index (χ3v) is 5.80. The van der Waals surface area contributed by atoms with E-state index in [0.29, 0.717) is 0 Å². The van der Waals surface area contributed by atoms with Crippen LogP contribution in [0.2, 0.25) is 0 Å². The zero-order valence-electron chi connectivity index (χ0n) is 15.0. The zero-order valence-corrected chi connectivity index (χ0v) is 15.0. The molecule has 0 saturated heterocycles. The fourth-order valence-electron chi connectivity index (χ4n) is 4.70. The minimum atomic E-state index is 0.990. The fourth-order valence-corrected chi connectivity index (χ4v) is 4.70. The van der Waals surface area contributed by atoms with Gasteiger partial charge in [-0.05, 0) is 36.8 Å². The number of nitrogens with zero attached hydrogens (tertiary/aromatic N) is 4. The number of fused-ring (bicyclic) bond motifs is 8. The van der Waals surface area contributed by atoms with E-state index in [-0.39, 0.29) is 0 Å². The molecule has 0 unspecified atom stereocenters. The summed E-state index contributed by atoms with van der Waals surface area (Å²) in [5.74, 6) is 0.990. The highest BCUT2D eigenvalue weighted by molar-refractivity contribution is 6.14. The Balaban J connectivity index is 1.97. The first-order valence-corrected chi connectivity index (χ1v) is 8.89. The summed E-state index contributed by atoms with van der Waals surface area (Å²) in [6, 6.07) is 19.3. The maximum absolute atomic E-state index is 4.87. The van der Waals surface area contributed by atoms with E-state index in [4.69, 9.17) is 4.98 Å². The second-order valence-electron chi connectivity index (χ2n) is 7.14. The van der Waals surface area contributed by atoms with Gasteiger partial charge in [-0.2, -0.15) is 0 Å². The number of aryl methyl sites for hydroxylation is 3. The van der Waals surface area contributed by atoms with Gasteiger partial charge in [0.05, 0.1) is 27.6 Å². The van der Waals surface area contributed by atoms with Crippen molar-refractivity contribution >= 4 is 49.7 Å². The molecule has 0 N–H and O–H groups in total. The van der Waals surface area contributed by atoms with E-state index >= 15 is 0 Å². The maximum Gasteiger partial charge on any atom is 0.215 e. The molecule has 3 aromatic heterocycles. The molecule has 0 aliphatic carbocycles. The standard InChI is InChI=1S/C22H18N4/c1-13-20-15(14-8-4-6-10-17(14)24(20)2)12-19-21(13)25(3)22-23-16-9-5-7-11-18(16)26(19)22/h4-12H,1-3H3. The number of aromatic nitrogens is 4. The fraction of sp³-hybridized carbons (Fsp3) is 0.136. The summed E-state index contributed by atoms with van der Waals surface area (Å²) in [7, 11) is 4.28. The second-order valence-corrected chi connectivity index (χ2v) is 7.14. The van der Waals surface area contributed by atoms with Crippen molar-refractivity contribution in [2.24, 2.45) is 14.1 Å². The Morgan fingerprint density at radius 1 is 0.731 bits per heavy atom. The third kappa shape index (κ3) is 1.44. The zero-order chi connectivity index (χ0) is 17.6. The topological polar surface area (TPSA) is 27.2 Å². The number of hydrogen-bond donors (Lipinski definition) is 0. The van der Waals surface area contributed by atoms with Crippen molar-refractivity contribution in [1.82, 2.24) is 18.5 Å². The summed E-state index contributed by atoms with van der Waals surface area (Å²) in [4.78, 5) is 4.87. The molecule has 3 aromatic carbocycles. The Hall–Kier alpha value is -3.27. The smallest absolute Gasteiger partial charge is 0.215 e. The van der Waals surface area contributed by atoms with Gasteiger partial charge in [0, 0.05) is 30.4 Å². The predicted octanol–water partition coefficient (Wildman–Crippen LogP) is 4.93. The van der Waals surface area contributed by atoms with Crippen LogP contribution in [-0.2, 0) is 14.1 Å². The lowest BCUT2D eigenvalue weighted by Crippen LogP contribution is -1.94. The molecular weight excluding hydrogens is 320 g/mol. The average Bonchev–Trinajstić information content (AvgIpc) is 3.26. The molecule has 0 atom stereocenters. The maximum atomic E-state index is 4.87. The lowest BCUT2D eigenvalue weighted by molar-refractivity contribution is 0.965. The molecule has 0 aliphatic rings. The van der Waals surface area contributed by atoms with E-state index in [0.717, 1.165) is 16.8 Å². The van der Waals surface area contributed by atoms with E-state index in [1.165, 1.54) is 38.4 Å². The Morgan fingerprint density at radius 2 is 1.46 bits per heavy atom. The molecular formula is C22H18N4. The van der Waals surface area contributed by atoms with Gasteiger partial charge in [0.1, 0.15) is 0 Å². The summed E-state index contributed by atoms with van der Waals surface area (Å²) < 4.78 is 6.83. The molecule has 126 valence electrons. The van der Waals surface area contributed by atoms with E-state index in [2.05, 4.69) is 83.1 Å². The first-order valence-electron chi connectivity index (χ1n) is 8.89. The van der Waals surface area contributed by atoms with Crippen molar-refractivity contribution in [2.45, 2.75) is 6.92 Å². The molecule has 4 nitrogen and oxygen atoms in total. The largest absolute Gasteiger partial charge is 0.343 e. The van der Waals surface area contributed by atoms with Gasteiger partial charge < -0.3 is 9.13 Å². The summed E-state index contributed by atoms with van der Waals surface area (Å²) in [6.07, 6.45) is 0. The molecule has 0 radical (unpaired) electrons. The van der Waals surface area contributed by atoms with Crippen LogP contribution in [0.5, 0.6) is 0 Å². The van der Waals surface area contributed by atoms with Crippen molar-refractivity contribution in [3.05, 3.63) is 60.2 Å².